The lowest BCUT2D eigenvalue weighted by Crippen LogP contribution is -2.47. The van der Waals surface area contributed by atoms with Gasteiger partial charge in [0.1, 0.15) is 17.5 Å². The number of aliphatic hydroxyl groups is 1. The fourth-order valence-electron chi connectivity index (χ4n) is 4.90. The van der Waals surface area contributed by atoms with Crippen LogP contribution in [-0.4, -0.2) is 65.3 Å². The normalized spacial score (nSPS) is 21.9. The molecule has 1 saturated heterocycles. The van der Waals surface area contributed by atoms with E-state index in [2.05, 4.69) is 56.6 Å². The van der Waals surface area contributed by atoms with E-state index in [9.17, 15) is 0 Å². The quantitative estimate of drug-likeness (QED) is 0.395. The van der Waals surface area contributed by atoms with E-state index in [4.69, 9.17) is 5.11 Å². The number of nitrogens with one attached hydrogen (secondary N) is 2. The fraction of sp³-hybridized carbons (Fsp3) is 0.615. The summed E-state index contributed by atoms with van der Waals surface area (Å²) in [7, 11) is 0. The highest BCUT2D eigenvalue weighted by Crippen LogP contribution is 2.32. The summed E-state index contributed by atoms with van der Waals surface area (Å²) in [5.74, 6) is 3.14. The first-order valence-corrected chi connectivity index (χ1v) is 13.4. The second kappa shape index (κ2) is 13.2. The van der Waals surface area contributed by atoms with Gasteiger partial charge >= 0.3 is 0 Å². The molecule has 1 saturated carbocycles. The SMILES string of the molecule is C=C(Nc1cc(N2CCN(CCO)CC2)nc(C)n1)S/C(=C\C)C(=C)NC1CCCCC1CC. The number of hydrogen-bond donors (Lipinski definition) is 3. The zero-order chi connectivity index (χ0) is 24.5. The Labute approximate surface area is 209 Å². The van der Waals surface area contributed by atoms with E-state index >= 15 is 0 Å². The summed E-state index contributed by atoms with van der Waals surface area (Å²) >= 11 is 1.59. The van der Waals surface area contributed by atoms with E-state index < -0.39 is 0 Å². The molecule has 2 aliphatic rings. The summed E-state index contributed by atoms with van der Waals surface area (Å²) in [6.45, 7) is 19.4. The average molecular weight is 487 g/mol. The number of aryl methyl sites for hydroxylation is 1. The van der Waals surface area contributed by atoms with Gasteiger partial charge in [0.05, 0.1) is 11.6 Å². The molecule has 0 bridgehead atoms. The van der Waals surface area contributed by atoms with E-state index in [1.807, 2.05) is 19.9 Å². The molecule has 0 radical (unpaired) electrons. The molecule has 0 spiro atoms. The predicted molar refractivity (Wildman–Crippen MR) is 145 cm³/mol. The minimum Gasteiger partial charge on any atom is -0.395 e. The van der Waals surface area contributed by atoms with Crippen LogP contribution in [0.3, 0.4) is 0 Å². The molecule has 0 aromatic carbocycles. The van der Waals surface area contributed by atoms with Crippen LogP contribution < -0.4 is 15.5 Å². The molecule has 2 unspecified atom stereocenters. The predicted octanol–water partition coefficient (Wildman–Crippen LogP) is 4.49. The van der Waals surface area contributed by atoms with Crippen molar-refractivity contribution in [2.75, 3.05) is 49.5 Å². The zero-order valence-corrected chi connectivity index (χ0v) is 22.0. The van der Waals surface area contributed by atoms with Gasteiger partial charge in [-0.2, -0.15) is 0 Å². The number of aliphatic hydroxyl groups excluding tert-OH is 1. The van der Waals surface area contributed by atoms with Crippen LogP contribution in [0.1, 0.15) is 51.8 Å². The summed E-state index contributed by atoms with van der Waals surface area (Å²) in [4.78, 5) is 14.9. The molecule has 8 heteroatoms. The molecule has 34 heavy (non-hydrogen) atoms. The van der Waals surface area contributed by atoms with Crippen molar-refractivity contribution in [1.82, 2.24) is 20.2 Å². The largest absolute Gasteiger partial charge is 0.395 e. The van der Waals surface area contributed by atoms with Crippen LogP contribution in [0.2, 0.25) is 0 Å². The highest BCUT2D eigenvalue weighted by atomic mass is 32.2. The van der Waals surface area contributed by atoms with Gasteiger partial charge in [-0.1, -0.05) is 57.2 Å². The molecular weight excluding hydrogens is 444 g/mol. The standard InChI is InChI=1S/C26H42N6OS/c1-6-22-10-8-9-11-23(22)27-19(3)24(7-2)34-21(5)30-25-18-26(29-20(4)28-25)32-14-12-31(13-15-32)16-17-33/h7,18,22-23,27,33H,3,5-6,8-17H2,1-2,4H3,(H,28,29,30)/b24-7-. The van der Waals surface area contributed by atoms with Gasteiger partial charge in [0, 0.05) is 55.4 Å². The van der Waals surface area contributed by atoms with Crippen LogP contribution in [0.25, 0.3) is 0 Å². The number of anilines is 2. The summed E-state index contributed by atoms with van der Waals surface area (Å²) < 4.78 is 0. The lowest BCUT2D eigenvalue weighted by Gasteiger charge is -2.35. The lowest BCUT2D eigenvalue weighted by molar-refractivity contribution is 0.188. The van der Waals surface area contributed by atoms with Crippen LogP contribution >= 0.6 is 11.8 Å². The molecule has 1 aromatic heterocycles. The highest BCUT2D eigenvalue weighted by Gasteiger charge is 2.24. The van der Waals surface area contributed by atoms with Crippen LogP contribution in [0.5, 0.6) is 0 Å². The molecule has 0 amide bonds. The zero-order valence-electron chi connectivity index (χ0n) is 21.1. The Kier molecular flexibility index (Phi) is 10.3. The van der Waals surface area contributed by atoms with Crippen molar-refractivity contribution in [2.24, 2.45) is 5.92 Å². The molecule has 3 rings (SSSR count). The number of piperazine rings is 1. The Hall–Kier alpha value is -2.03. The Morgan fingerprint density at radius 3 is 2.62 bits per heavy atom. The third-order valence-electron chi connectivity index (χ3n) is 6.79. The van der Waals surface area contributed by atoms with Gasteiger partial charge in [-0.05, 0) is 32.6 Å². The maximum Gasteiger partial charge on any atom is 0.136 e. The third kappa shape index (κ3) is 7.48. The van der Waals surface area contributed by atoms with E-state index in [0.29, 0.717) is 6.04 Å². The molecule has 188 valence electrons. The minimum atomic E-state index is 0.205. The minimum absolute atomic E-state index is 0.205. The Morgan fingerprint density at radius 1 is 1.21 bits per heavy atom. The van der Waals surface area contributed by atoms with Crippen LogP contribution in [-0.2, 0) is 0 Å². The number of allylic oxidation sites excluding steroid dienone is 1. The maximum atomic E-state index is 9.17. The number of nitrogens with zero attached hydrogens (tertiary/aromatic N) is 4. The van der Waals surface area contributed by atoms with Crippen LogP contribution in [0.4, 0.5) is 11.6 Å². The fourth-order valence-corrected chi connectivity index (χ4v) is 5.62. The van der Waals surface area contributed by atoms with Crippen molar-refractivity contribution in [3.8, 4) is 0 Å². The van der Waals surface area contributed by atoms with E-state index in [1.165, 1.54) is 32.1 Å². The molecule has 3 N–H and O–H groups in total. The molecule has 1 aliphatic heterocycles. The first-order chi connectivity index (χ1) is 16.4. The van der Waals surface area contributed by atoms with Gasteiger partial charge in [0.2, 0.25) is 0 Å². The van der Waals surface area contributed by atoms with E-state index in [1.54, 1.807) is 11.8 Å². The van der Waals surface area contributed by atoms with Crippen molar-refractivity contribution >= 4 is 23.4 Å². The van der Waals surface area contributed by atoms with Gasteiger partial charge in [-0.25, -0.2) is 9.97 Å². The summed E-state index contributed by atoms with van der Waals surface area (Å²) in [5.41, 5.74) is 0.973. The van der Waals surface area contributed by atoms with Crippen molar-refractivity contribution in [3.05, 3.63) is 46.8 Å². The van der Waals surface area contributed by atoms with Crippen molar-refractivity contribution in [3.63, 3.8) is 0 Å². The maximum absolute atomic E-state index is 9.17. The second-order valence-electron chi connectivity index (χ2n) is 9.20. The van der Waals surface area contributed by atoms with Crippen LogP contribution in [0.15, 0.2) is 40.9 Å². The number of hydrogen-bond acceptors (Lipinski definition) is 8. The van der Waals surface area contributed by atoms with Gasteiger partial charge in [0.15, 0.2) is 0 Å². The topological polar surface area (TPSA) is 76.5 Å². The average Bonchev–Trinajstić information content (AvgIpc) is 2.83. The molecule has 7 nitrogen and oxygen atoms in total. The first kappa shape index (κ1) is 26.6. The van der Waals surface area contributed by atoms with Gasteiger partial charge in [-0.15, -0.1) is 0 Å². The summed E-state index contributed by atoms with van der Waals surface area (Å²) in [6, 6.07) is 2.50. The Bertz CT molecular complexity index is 865. The van der Waals surface area contributed by atoms with E-state index in [-0.39, 0.29) is 6.61 Å². The number of β-amino-alcohol motifs (C(OH)–C–C–N with tert-alkyl or cyclic N) is 1. The van der Waals surface area contributed by atoms with Gasteiger partial charge < -0.3 is 20.6 Å². The lowest BCUT2D eigenvalue weighted by atomic mass is 9.83. The number of thioether (sulfide) groups is 1. The number of rotatable bonds is 11. The van der Waals surface area contributed by atoms with E-state index in [0.717, 1.165) is 71.7 Å². The van der Waals surface area contributed by atoms with Gasteiger partial charge in [-0.3, -0.25) is 4.90 Å². The molecule has 1 aliphatic carbocycles. The molecular formula is C26H42N6OS. The van der Waals surface area contributed by atoms with Crippen LogP contribution in [0, 0.1) is 12.8 Å². The second-order valence-corrected chi connectivity index (χ2v) is 10.3. The van der Waals surface area contributed by atoms with Crippen molar-refractivity contribution in [2.45, 2.75) is 58.9 Å². The van der Waals surface area contributed by atoms with Crippen molar-refractivity contribution < 1.29 is 5.11 Å². The number of aromatic nitrogens is 2. The summed E-state index contributed by atoms with van der Waals surface area (Å²) in [6.07, 6.45) is 8.46. The molecule has 2 atom stereocenters. The molecule has 2 heterocycles. The first-order valence-electron chi connectivity index (χ1n) is 12.6. The smallest absolute Gasteiger partial charge is 0.136 e. The highest BCUT2D eigenvalue weighted by molar-refractivity contribution is 8.07. The summed E-state index contributed by atoms with van der Waals surface area (Å²) in [5, 5.41) is 17.1. The monoisotopic (exact) mass is 486 g/mol. The Morgan fingerprint density at radius 2 is 1.94 bits per heavy atom. The van der Waals surface area contributed by atoms with Crippen molar-refractivity contribution in [1.29, 1.82) is 0 Å². The molecule has 1 aromatic rings. The third-order valence-corrected chi connectivity index (χ3v) is 7.84. The van der Waals surface area contributed by atoms with Gasteiger partial charge in [0.25, 0.3) is 0 Å². The Balaban J connectivity index is 1.57. The molecule has 2 fully saturated rings.